The lowest BCUT2D eigenvalue weighted by Crippen LogP contribution is -2.35. The first-order chi connectivity index (χ1) is 15.7. The van der Waals surface area contributed by atoms with Crippen molar-refractivity contribution in [1.29, 1.82) is 0 Å². The number of rotatable bonds is 6. The van der Waals surface area contributed by atoms with E-state index in [0.717, 1.165) is 28.8 Å². The number of ether oxygens (including phenoxy) is 1. The van der Waals surface area contributed by atoms with Crippen molar-refractivity contribution in [2.75, 3.05) is 12.0 Å². The fourth-order valence-electron chi connectivity index (χ4n) is 4.20. The Balaban J connectivity index is 1.57. The van der Waals surface area contributed by atoms with Crippen LogP contribution in [0.2, 0.25) is 0 Å². The number of sulfonamides is 1. The minimum atomic E-state index is -3.66. The van der Waals surface area contributed by atoms with Gasteiger partial charge in [-0.25, -0.2) is 13.1 Å². The summed E-state index contributed by atoms with van der Waals surface area (Å²) in [5.41, 5.74) is 4.87. The van der Waals surface area contributed by atoms with E-state index >= 15 is 0 Å². The third kappa shape index (κ3) is 4.65. The maximum atomic E-state index is 13.3. The number of nitrogens with zero attached hydrogens (tertiary/aromatic N) is 1. The van der Waals surface area contributed by atoms with E-state index in [1.54, 1.807) is 49.3 Å². The molecule has 7 heteroatoms. The van der Waals surface area contributed by atoms with Gasteiger partial charge < -0.3 is 9.64 Å². The van der Waals surface area contributed by atoms with Crippen LogP contribution >= 0.6 is 0 Å². The molecule has 1 atom stereocenters. The molecule has 6 nitrogen and oxygen atoms in total. The van der Waals surface area contributed by atoms with Gasteiger partial charge in [0.15, 0.2) is 0 Å². The number of fused-ring (bicyclic) bond motifs is 1. The van der Waals surface area contributed by atoms with Gasteiger partial charge in [-0.2, -0.15) is 0 Å². The summed E-state index contributed by atoms with van der Waals surface area (Å²) in [6, 6.07) is 18.3. The van der Waals surface area contributed by atoms with E-state index in [2.05, 4.69) is 4.72 Å². The zero-order valence-corrected chi connectivity index (χ0v) is 20.1. The van der Waals surface area contributed by atoms with Crippen LogP contribution in [-0.4, -0.2) is 27.5 Å². The molecular formula is C26H28N2O4S. The van der Waals surface area contributed by atoms with E-state index in [-0.39, 0.29) is 23.4 Å². The number of amides is 1. The standard InChI is InChI=1S/C26H28N2O4S/c1-17-5-6-18(2)25(13-17)33(30,31)27-16-20-7-8-22-14-19(3)28(24(22)15-20)26(29)21-9-11-23(32-4)12-10-21/h5-13,15,19,27H,14,16H2,1-4H3/t19-/m1/s1. The lowest BCUT2D eigenvalue weighted by molar-refractivity contribution is 0.0981. The summed E-state index contributed by atoms with van der Waals surface area (Å²) in [4.78, 5) is 15.4. The van der Waals surface area contributed by atoms with Gasteiger partial charge in [-0.05, 0) is 85.8 Å². The number of carbonyl (C=O) groups is 1. The number of hydrogen-bond donors (Lipinski definition) is 1. The highest BCUT2D eigenvalue weighted by molar-refractivity contribution is 7.89. The van der Waals surface area contributed by atoms with Crippen LogP contribution in [-0.2, 0) is 23.0 Å². The molecule has 0 saturated heterocycles. The van der Waals surface area contributed by atoms with Crippen LogP contribution in [0.5, 0.6) is 5.75 Å². The van der Waals surface area contributed by atoms with Crippen molar-refractivity contribution >= 4 is 21.6 Å². The highest BCUT2D eigenvalue weighted by Crippen LogP contribution is 2.34. The fraction of sp³-hybridized carbons (Fsp3) is 0.269. The second-order valence-corrected chi connectivity index (χ2v) is 10.2. The predicted molar refractivity (Wildman–Crippen MR) is 129 cm³/mol. The third-order valence-electron chi connectivity index (χ3n) is 6.02. The van der Waals surface area contributed by atoms with Gasteiger partial charge in [-0.3, -0.25) is 4.79 Å². The second kappa shape index (κ2) is 9.00. The summed E-state index contributed by atoms with van der Waals surface area (Å²) >= 11 is 0. The number of carbonyl (C=O) groups excluding carboxylic acids is 1. The van der Waals surface area contributed by atoms with Crippen molar-refractivity contribution in [1.82, 2.24) is 4.72 Å². The summed E-state index contributed by atoms with van der Waals surface area (Å²) in [5, 5.41) is 0. The molecule has 0 aliphatic carbocycles. The molecule has 3 aromatic rings. The molecule has 4 rings (SSSR count). The molecular weight excluding hydrogens is 436 g/mol. The van der Waals surface area contributed by atoms with E-state index in [1.807, 2.05) is 44.2 Å². The maximum Gasteiger partial charge on any atom is 0.258 e. The van der Waals surface area contributed by atoms with Gasteiger partial charge in [0.2, 0.25) is 10.0 Å². The molecule has 0 unspecified atom stereocenters. The summed E-state index contributed by atoms with van der Waals surface area (Å²) in [7, 11) is -2.07. The Morgan fingerprint density at radius 1 is 1.06 bits per heavy atom. The van der Waals surface area contributed by atoms with Crippen LogP contribution in [0.4, 0.5) is 5.69 Å². The molecule has 0 bridgehead atoms. The zero-order valence-electron chi connectivity index (χ0n) is 19.3. The van der Waals surface area contributed by atoms with Crippen molar-refractivity contribution in [3.8, 4) is 5.75 Å². The molecule has 0 radical (unpaired) electrons. The Hall–Kier alpha value is -3.16. The van der Waals surface area contributed by atoms with Gasteiger partial charge >= 0.3 is 0 Å². The minimum Gasteiger partial charge on any atom is -0.497 e. The minimum absolute atomic E-state index is 0.0106. The van der Waals surface area contributed by atoms with Crippen molar-refractivity contribution in [3.05, 3.63) is 88.5 Å². The number of hydrogen-bond acceptors (Lipinski definition) is 4. The lowest BCUT2D eigenvalue weighted by atomic mass is 10.1. The monoisotopic (exact) mass is 464 g/mol. The Morgan fingerprint density at radius 2 is 1.79 bits per heavy atom. The zero-order chi connectivity index (χ0) is 23.8. The van der Waals surface area contributed by atoms with Gasteiger partial charge in [0, 0.05) is 23.8 Å². The molecule has 172 valence electrons. The SMILES string of the molecule is COc1ccc(C(=O)N2c3cc(CNS(=O)(=O)c4cc(C)ccc4C)ccc3C[C@H]2C)cc1. The average Bonchev–Trinajstić information content (AvgIpc) is 3.13. The van der Waals surface area contributed by atoms with E-state index in [1.165, 1.54) is 0 Å². The van der Waals surface area contributed by atoms with Crippen LogP contribution in [0.1, 0.15) is 39.5 Å². The van der Waals surface area contributed by atoms with E-state index in [0.29, 0.717) is 16.9 Å². The quantitative estimate of drug-likeness (QED) is 0.587. The van der Waals surface area contributed by atoms with E-state index in [9.17, 15) is 13.2 Å². The molecule has 33 heavy (non-hydrogen) atoms. The Labute approximate surface area is 195 Å². The summed E-state index contributed by atoms with van der Waals surface area (Å²) in [5.74, 6) is 0.608. The number of benzene rings is 3. The molecule has 3 aromatic carbocycles. The highest BCUT2D eigenvalue weighted by Gasteiger charge is 2.32. The highest BCUT2D eigenvalue weighted by atomic mass is 32.2. The first kappa shape index (κ1) is 23.0. The molecule has 0 aromatic heterocycles. The summed E-state index contributed by atoms with van der Waals surface area (Å²) < 4.78 is 33.7. The molecule has 0 fully saturated rings. The van der Waals surface area contributed by atoms with Crippen LogP contribution in [0.3, 0.4) is 0 Å². The summed E-state index contributed by atoms with van der Waals surface area (Å²) in [6.45, 7) is 5.81. The number of anilines is 1. The third-order valence-corrected chi connectivity index (χ3v) is 7.56. The lowest BCUT2D eigenvalue weighted by Gasteiger charge is -2.23. The Kier molecular flexibility index (Phi) is 6.28. The average molecular weight is 465 g/mol. The van der Waals surface area contributed by atoms with Crippen molar-refractivity contribution in [2.24, 2.45) is 0 Å². The Morgan fingerprint density at radius 3 is 2.48 bits per heavy atom. The Bertz CT molecular complexity index is 1300. The molecule has 1 aliphatic rings. The largest absolute Gasteiger partial charge is 0.497 e. The topological polar surface area (TPSA) is 75.7 Å². The fourth-order valence-corrected chi connectivity index (χ4v) is 5.54. The summed E-state index contributed by atoms with van der Waals surface area (Å²) in [6.07, 6.45) is 0.756. The molecule has 1 amide bonds. The molecule has 0 spiro atoms. The number of aryl methyl sites for hydroxylation is 2. The smallest absolute Gasteiger partial charge is 0.258 e. The second-order valence-electron chi connectivity index (χ2n) is 8.51. The van der Waals surface area contributed by atoms with Gasteiger partial charge in [-0.15, -0.1) is 0 Å². The van der Waals surface area contributed by atoms with Gasteiger partial charge in [0.25, 0.3) is 5.91 Å². The van der Waals surface area contributed by atoms with Crippen molar-refractivity contribution in [2.45, 2.75) is 44.7 Å². The van der Waals surface area contributed by atoms with Gasteiger partial charge in [0.05, 0.1) is 12.0 Å². The number of methoxy groups -OCH3 is 1. The van der Waals surface area contributed by atoms with Crippen molar-refractivity contribution < 1.29 is 17.9 Å². The molecule has 1 aliphatic heterocycles. The van der Waals surface area contributed by atoms with Gasteiger partial charge in [0.1, 0.15) is 5.75 Å². The van der Waals surface area contributed by atoms with Crippen LogP contribution in [0.25, 0.3) is 0 Å². The van der Waals surface area contributed by atoms with Crippen LogP contribution < -0.4 is 14.4 Å². The van der Waals surface area contributed by atoms with Gasteiger partial charge in [-0.1, -0.05) is 24.3 Å². The normalized spacial score (nSPS) is 15.4. The number of nitrogens with one attached hydrogen (secondary N) is 1. The van der Waals surface area contributed by atoms with Crippen LogP contribution in [0, 0.1) is 13.8 Å². The van der Waals surface area contributed by atoms with Crippen molar-refractivity contribution in [3.63, 3.8) is 0 Å². The molecule has 1 heterocycles. The van der Waals surface area contributed by atoms with Crippen LogP contribution in [0.15, 0.2) is 65.6 Å². The molecule has 0 saturated carbocycles. The predicted octanol–water partition coefficient (Wildman–Crippen LogP) is 4.38. The molecule has 1 N–H and O–H groups in total. The maximum absolute atomic E-state index is 13.3. The first-order valence-corrected chi connectivity index (χ1v) is 12.3. The van der Waals surface area contributed by atoms with E-state index < -0.39 is 10.0 Å². The van der Waals surface area contributed by atoms with E-state index in [4.69, 9.17) is 4.74 Å². The first-order valence-electron chi connectivity index (χ1n) is 10.9.